The van der Waals surface area contributed by atoms with Crippen molar-refractivity contribution in [2.45, 2.75) is 25.2 Å². The zero-order valence-electron chi connectivity index (χ0n) is 19.4. The number of rotatable bonds is 6. The van der Waals surface area contributed by atoms with E-state index in [-0.39, 0.29) is 12.8 Å². The smallest absolute Gasteiger partial charge is 0.343 e. The van der Waals surface area contributed by atoms with Gasteiger partial charge in [-0.1, -0.05) is 6.07 Å². The first-order valence-electron chi connectivity index (χ1n) is 10.7. The molecule has 176 valence electrons. The Kier molecular flexibility index (Phi) is 5.46. The first-order valence-corrected chi connectivity index (χ1v) is 10.7. The van der Waals surface area contributed by atoms with Gasteiger partial charge >= 0.3 is 5.97 Å². The van der Waals surface area contributed by atoms with Gasteiger partial charge in [-0.2, -0.15) is 0 Å². The summed E-state index contributed by atoms with van der Waals surface area (Å²) in [4.78, 5) is 15.2. The van der Waals surface area contributed by atoms with Crippen molar-refractivity contribution in [3.63, 3.8) is 0 Å². The summed E-state index contributed by atoms with van der Waals surface area (Å²) in [7, 11) is 8.33. The van der Waals surface area contributed by atoms with Crippen LogP contribution in [-0.2, 0) is 22.5 Å². The second-order valence-corrected chi connectivity index (χ2v) is 8.17. The normalized spacial score (nSPS) is 20.8. The number of likely N-dealkylation sites (N-methyl/N-ethyl adjacent to an activating group) is 1. The molecule has 0 aromatic heterocycles. The predicted octanol–water partition coefficient (Wildman–Crippen LogP) is 3.03. The summed E-state index contributed by atoms with van der Waals surface area (Å²) in [5.74, 6) is 2.22. The lowest BCUT2D eigenvalue weighted by molar-refractivity contribution is 0.00859. The Morgan fingerprint density at radius 3 is 2.48 bits per heavy atom. The Labute approximate surface area is 192 Å². The topological polar surface area (TPSA) is 84.9 Å². The van der Waals surface area contributed by atoms with E-state index in [2.05, 4.69) is 4.90 Å². The van der Waals surface area contributed by atoms with E-state index in [1.54, 1.807) is 20.3 Å². The Bertz CT molecular complexity index is 1110. The molecule has 2 unspecified atom stereocenters. The summed E-state index contributed by atoms with van der Waals surface area (Å²) in [5.41, 5.74) is 4.07. The van der Waals surface area contributed by atoms with E-state index in [1.165, 1.54) is 14.2 Å². The molecule has 3 aliphatic heterocycles. The summed E-state index contributed by atoms with van der Waals surface area (Å²) >= 11 is 0. The maximum atomic E-state index is 13.0. The number of cyclic esters (lactones) is 1. The van der Waals surface area contributed by atoms with E-state index < -0.39 is 12.1 Å². The number of fused-ring (bicyclic) bond motifs is 3. The molecule has 33 heavy (non-hydrogen) atoms. The Morgan fingerprint density at radius 2 is 1.79 bits per heavy atom. The van der Waals surface area contributed by atoms with E-state index in [1.807, 2.05) is 13.1 Å². The molecular formula is C24H27NO8. The van der Waals surface area contributed by atoms with Crippen molar-refractivity contribution in [3.8, 4) is 28.7 Å². The van der Waals surface area contributed by atoms with E-state index in [9.17, 15) is 4.79 Å². The van der Waals surface area contributed by atoms with Crippen LogP contribution in [-0.4, -0.2) is 59.7 Å². The lowest BCUT2D eigenvalue weighted by Crippen LogP contribution is -2.37. The molecule has 0 N–H and O–H groups in total. The maximum absolute atomic E-state index is 13.0. The average Bonchev–Trinajstić information content (AvgIpc) is 3.43. The molecule has 3 aliphatic rings. The van der Waals surface area contributed by atoms with E-state index in [0.717, 1.165) is 35.2 Å². The third-order valence-corrected chi connectivity index (χ3v) is 6.61. The summed E-state index contributed by atoms with van der Waals surface area (Å²) < 4.78 is 39.9. The van der Waals surface area contributed by atoms with Gasteiger partial charge in [-0.05, 0) is 25.1 Å². The molecule has 0 radical (unpaired) electrons. The highest BCUT2D eigenvalue weighted by Gasteiger charge is 2.47. The van der Waals surface area contributed by atoms with E-state index in [4.69, 9.17) is 33.2 Å². The largest absolute Gasteiger partial charge is 0.493 e. The van der Waals surface area contributed by atoms with Crippen molar-refractivity contribution in [2.24, 2.45) is 0 Å². The third-order valence-electron chi connectivity index (χ3n) is 6.61. The van der Waals surface area contributed by atoms with Crippen LogP contribution in [0.15, 0.2) is 12.1 Å². The number of hydrogen-bond acceptors (Lipinski definition) is 9. The van der Waals surface area contributed by atoms with Gasteiger partial charge in [0.2, 0.25) is 12.5 Å². The van der Waals surface area contributed by atoms with Crippen LogP contribution in [0.3, 0.4) is 0 Å². The van der Waals surface area contributed by atoms with Crippen LogP contribution >= 0.6 is 0 Å². The molecular weight excluding hydrogens is 430 g/mol. The molecule has 9 nitrogen and oxygen atoms in total. The van der Waals surface area contributed by atoms with Crippen LogP contribution in [0, 0.1) is 0 Å². The standard InChI is InChI=1S/C24H27NO8/c1-25-9-8-12-14(10-27-2)20-23(32-11-31-20)22(30-5)16(12)18(25)19-13-6-7-15(28-3)21(29-4)17(13)24(26)33-19/h6-7,18-19H,8-11H2,1-5H3. The van der Waals surface area contributed by atoms with Gasteiger partial charge in [-0.15, -0.1) is 0 Å². The summed E-state index contributed by atoms with van der Waals surface area (Å²) in [6, 6.07) is 3.35. The van der Waals surface area contributed by atoms with Crippen molar-refractivity contribution in [1.82, 2.24) is 4.90 Å². The van der Waals surface area contributed by atoms with Gasteiger partial charge in [-0.3, -0.25) is 4.90 Å². The lowest BCUT2D eigenvalue weighted by Gasteiger charge is -2.39. The Balaban J connectivity index is 1.72. The van der Waals surface area contributed by atoms with Crippen LogP contribution in [0.4, 0.5) is 0 Å². The number of carbonyl (C=O) groups excluding carboxylic acids is 1. The molecule has 9 heteroatoms. The van der Waals surface area contributed by atoms with Crippen LogP contribution in [0.2, 0.25) is 0 Å². The second kappa shape index (κ2) is 8.31. The molecule has 0 bridgehead atoms. The van der Waals surface area contributed by atoms with Gasteiger partial charge in [0.15, 0.2) is 23.0 Å². The van der Waals surface area contributed by atoms with Gasteiger partial charge in [0.1, 0.15) is 11.7 Å². The molecule has 3 heterocycles. The van der Waals surface area contributed by atoms with E-state index >= 15 is 0 Å². The first kappa shape index (κ1) is 21.7. The van der Waals surface area contributed by atoms with E-state index in [0.29, 0.717) is 40.9 Å². The van der Waals surface area contributed by atoms with Gasteiger partial charge in [0, 0.05) is 30.3 Å². The molecule has 0 saturated heterocycles. The van der Waals surface area contributed by atoms with Crippen molar-refractivity contribution in [3.05, 3.63) is 39.9 Å². The first-order chi connectivity index (χ1) is 16.0. The zero-order valence-corrected chi connectivity index (χ0v) is 19.4. The fourth-order valence-electron chi connectivity index (χ4n) is 5.22. The highest BCUT2D eigenvalue weighted by Crippen LogP contribution is 2.56. The van der Waals surface area contributed by atoms with Crippen molar-refractivity contribution < 1.29 is 38.0 Å². The quantitative estimate of drug-likeness (QED) is 0.608. The summed E-state index contributed by atoms with van der Waals surface area (Å²) in [5, 5.41) is 0. The van der Waals surface area contributed by atoms with Crippen molar-refractivity contribution in [2.75, 3.05) is 48.8 Å². The molecule has 0 saturated carbocycles. The number of methoxy groups -OCH3 is 4. The number of ether oxygens (including phenoxy) is 7. The number of hydrogen-bond donors (Lipinski definition) is 0. The average molecular weight is 457 g/mol. The molecule has 2 aromatic rings. The summed E-state index contributed by atoms with van der Waals surface area (Å²) in [6.07, 6.45) is 0.203. The van der Waals surface area contributed by atoms with Gasteiger partial charge in [-0.25, -0.2) is 4.79 Å². The Hall–Kier alpha value is -3.17. The molecule has 2 atom stereocenters. The monoisotopic (exact) mass is 457 g/mol. The third kappa shape index (κ3) is 3.10. The highest BCUT2D eigenvalue weighted by atomic mass is 16.7. The van der Waals surface area contributed by atoms with Gasteiger partial charge in [0.05, 0.1) is 34.0 Å². The lowest BCUT2D eigenvalue weighted by atomic mass is 9.83. The number of carbonyl (C=O) groups is 1. The number of nitrogens with zero attached hydrogens (tertiary/aromatic N) is 1. The molecule has 0 amide bonds. The molecule has 0 aliphatic carbocycles. The molecule has 5 rings (SSSR count). The fourth-order valence-corrected chi connectivity index (χ4v) is 5.22. The summed E-state index contributed by atoms with van der Waals surface area (Å²) in [6.45, 7) is 1.25. The highest BCUT2D eigenvalue weighted by molar-refractivity contribution is 5.98. The number of esters is 1. The van der Waals surface area contributed by atoms with Crippen molar-refractivity contribution in [1.29, 1.82) is 0 Å². The maximum Gasteiger partial charge on any atom is 0.343 e. The fraction of sp³-hybridized carbons (Fsp3) is 0.458. The molecule has 0 fully saturated rings. The van der Waals surface area contributed by atoms with Crippen LogP contribution in [0.1, 0.15) is 44.8 Å². The Morgan fingerprint density at radius 1 is 1.03 bits per heavy atom. The van der Waals surface area contributed by atoms with Crippen LogP contribution < -0.4 is 23.7 Å². The molecule has 2 aromatic carbocycles. The second-order valence-electron chi connectivity index (χ2n) is 8.17. The minimum Gasteiger partial charge on any atom is -0.493 e. The SMILES string of the molecule is COCc1c2c(c(OC)c3c1OCO3)C(C1OC(=O)c3c1ccc(OC)c3OC)N(C)CC2. The predicted molar refractivity (Wildman–Crippen MR) is 117 cm³/mol. The van der Waals surface area contributed by atoms with Crippen LogP contribution in [0.25, 0.3) is 0 Å². The number of benzene rings is 2. The minimum atomic E-state index is -0.568. The minimum absolute atomic E-state index is 0.115. The van der Waals surface area contributed by atoms with Crippen LogP contribution in [0.5, 0.6) is 28.7 Å². The van der Waals surface area contributed by atoms with Crippen molar-refractivity contribution >= 4 is 5.97 Å². The molecule has 0 spiro atoms. The zero-order chi connectivity index (χ0) is 23.3. The van der Waals surface area contributed by atoms with Gasteiger partial charge < -0.3 is 33.2 Å². The van der Waals surface area contributed by atoms with Gasteiger partial charge in [0.25, 0.3) is 0 Å².